The number of hydrogen-bond donors (Lipinski definition) is 1. The van der Waals surface area contributed by atoms with Crippen LogP contribution < -0.4 is 67.1 Å². The third-order valence-electron chi connectivity index (χ3n) is 0.941. The van der Waals surface area contributed by atoms with Gasteiger partial charge in [-0.1, -0.05) is 0 Å². The molecule has 0 saturated heterocycles. The fraction of sp³-hybridized carbons (Fsp3) is 0. The van der Waals surface area contributed by atoms with Crippen molar-refractivity contribution in [3.63, 3.8) is 0 Å². The molecule has 57 valence electrons. The van der Waals surface area contributed by atoms with E-state index >= 15 is 0 Å². The molecule has 3 amide bonds. The molecule has 1 N–H and O–H groups in total. The second-order valence-electron chi connectivity index (χ2n) is 1.73. The number of carbonyl (C=O) groups excluding carboxylic acids is 3. The van der Waals surface area contributed by atoms with Crippen molar-refractivity contribution in [3.05, 3.63) is 11.8 Å². The van der Waals surface area contributed by atoms with Gasteiger partial charge in [0.2, 0.25) is 0 Å². The third kappa shape index (κ3) is 3.03. The van der Waals surface area contributed by atoms with Crippen LogP contribution in [0.1, 0.15) is 0 Å². The summed E-state index contributed by atoms with van der Waals surface area (Å²) in [5.74, 6) is -2.51. The summed E-state index contributed by atoms with van der Waals surface area (Å²) in [5.41, 5.74) is -0.560. The number of imide groups is 1. The summed E-state index contributed by atoms with van der Waals surface area (Å²) in [7, 11) is 0. The van der Waals surface area contributed by atoms with E-state index in [4.69, 9.17) is 0 Å². The summed E-state index contributed by atoms with van der Waals surface area (Å²) in [6.07, 6.45) is 0.677. The average Bonchev–Trinajstić information content (AvgIpc) is 1.85. The minimum atomic E-state index is -1.61. The SMILES string of the molecule is O=C1C=C(C(=O)[O-])NC(=O)[N]1.[K+]. The van der Waals surface area contributed by atoms with Gasteiger partial charge < -0.3 is 15.2 Å². The molecule has 1 heterocycles. The molecule has 0 saturated carbocycles. The fourth-order valence-electron chi connectivity index (χ4n) is 0.545. The molecule has 0 bridgehead atoms. The van der Waals surface area contributed by atoms with Crippen LogP contribution in [0.25, 0.3) is 0 Å². The molecule has 0 atom stereocenters. The minimum absolute atomic E-state index is 0. The molecule has 0 spiro atoms. The number of aliphatic carboxylic acids is 1. The fourth-order valence-corrected chi connectivity index (χ4v) is 0.545. The number of rotatable bonds is 1. The largest absolute Gasteiger partial charge is 1.00 e. The van der Waals surface area contributed by atoms with Crippen molar-refractivity contribution in [2.45, 2.75) is 0 Å². The normalized spacial score (nSPS) is 15.2. The van der Waals surface area contributed by atoms with Gasteiger partial charge in [0.25, 0.3) is 5.91 Å². The number of amides is 3. The zero-order chi connectivity index (χ0) is 8.43. The number of nitrogens with zero attached hydrogens (tertiary/aromatic N) is 1. The van der Waals surface area contributed by atoms with E-state index in [1.54, 1.807) is 0 Å². The second kappa shape index (κ2) is 4.72. The van der Waals surface area contributed by atoms with E-state index in [9.17, 15) is 19.5 Å². The number of carbonyl (C=O) groups is 3. The van der Waals surface area contributed by atoms with Gasteiger partial charge in [-0.25, -0.2) is 4.79 Å². The Morgan fingerprint density at radius 3 is 2.50 bits per heavy atom. The molecular formula is C5H2KN2O4. The number of carboxylic acids is 1. The Balaban J connectivity index is 0.00000121. The molecule has 0 aromatic carbocycles. The molecule has 0 aromatic rings. The van der Waals surface area contributed by atoms with Crippen LogP contribution in [-0.2, 0) is 9.59 Å². The number of nitrogens with one attached hydrogen (secondary N) is 1. The van der Waals surface area contributed by atoms with Crippen LogP contribution in [0.15, 0.2) is 11.8 Å². The maximum absolute atomic E-state index is 10.4. The van der Waals surface area contributed by atoms with Gasteiger partial charge in [0.15, 0.2) is 0 Å². The zero-order valence-corrected chi connectivity index (χ0v) is 9.28. The van der Waals surface area contributed by atoms with Gasteiger partial charge in [-0.3, -0.25) is 4.79 Å². The quantitative estimate of drug-likeness (QED) is 0.420. The second-order valence-corrected chi connectivity index (χ2v) is 1.73. The van der Waals surface area contributed by atoms with E-state index in [-0.39, 0.29) is 51.4 Å². The van der Waals surface area contributed by atoms with Crippen LogP contribution in [0, 0.1) is 0 Å². The van der Waals surface area contributed by atoms with E-state index < -0.39 is 23.6 Å². The van der Waals surface area contributed by atoms with Crippen molar-refractivity contribution in [3.8, 4) is 0 Å². The van der Waals surface area contributed by atoms with Gasteiger partial charge in [0.05, 0.1) is 11.7 Å². The van der Waals surface area contributed by atoms with Gasteiger partial charge >= 0.3 is 57.4 Å². The molecule has 1 radical (unpaired) electrons. The van der Waals surface area contributed by atoms with Crippen LogP contribution in [0.4, 0.5) is 4.79 Å². The molecule has 0 fully saturated rings. The van der Waals surface area contributed by atoms with Gasteiger partial charge in [-0.15, -0.1) is 0 Å². The van der Waals surface area contributed by atoms with Gasteiger partial charge in [0.1, 0.15) is 0 Å². The van der Waals surface area contributed by atoms with Gasteiger partial charge in [-0.05, 0) is 0 Å². The molecule has 0 aromatic heterocycles. The maximum atomic E-state index is 10.4. The van der Waals surface area contributed by atoms with Gasteiger partial charge in [-0.2, -0.15) is 5.32 Å². The van der Waals surface area contributed by atoms with Crippen LogP contribution in [0.3, 0.4) is 0 Å². The first-order chi connectivity index (χ1) is 5.09. The average molecular weight is 193 g/mol. The Morgan fingerprint density at radius 1 is 1.50 bits per heavy atom. The van der Waals surface area contributed by atoms with Crippen LogP contribution in [-0.4, -0.2) is 17.9 Å². The Hall–Kier alpha value is -0.214. The summed E-state index contributed by atoms with van der Waals surface area (Å²) >= 11 is 0. The number of carboxylic acid groups (broad SMARTS) is 1. The summed E-state index contributed by atoms with van der Waals surface area (Å²) in [6, 6.07) is -0.989. The van der Waals surface area contributed by atoms with E-state index in [0.29, 0.717) is 6.08 Å². The number of hydrogen-bond acceptors (Lipinski definition) is 4. The van der Waals surface area contributed by atoms with Crippen molar-refractivity contribution < 1.29 is 70.9 Å². The summed E-state index contributed by atoms with van der Waals surface area (Å²) in [5, 5.41) is 14.7. The minimum Gasteiger partial charge on any atom is -0.543 e. The van der Waals surface area contributed by atoms with Crippen LogP contribution in [0.2, 0.25) is 0 Å². The smallest absolute Gasteiger partial charge is 0.543 e. The summed E-state index contributed by atoms with van der Waals surface area (Å²) in [6.45, 7) is 0. The Labute approximate surface area is 110 Å². The van der Waals surface area contributed by atoms with Crippen molar-refractivity contribution in [1.82, 2.24) is 10.6 Å². The summed E-state index contributed by atoms with van der Waals surface area (Å²) in [4.78, 5) is 30.8. The van der Waals surface area contributed by atoms with Crippen LogP contribution >= 0.6 is 0 Å². The molecule has 12 heavy (non-hydrogen) atoms. The summed E-state index contributed by atoms with van der Waals surface area (Å²) < 4.78 is 0. The van der Waals surface area contributed by atoms with Gasteiger partial charge in [0, 0.05) is 6.08 Å². The van der Waals surface area contributed by atoms with E-state index in [1.807, 2.05) is 5.32 Å². The number of urea groups is 1. The molecule has 7 heteroatoms. The standard InChI is InChI=1S/C5H3N2O4.K/c8-3-1-2(4(9)10)6-5(11)7-3;/h1H,(H,6,11)(H,9,10);/q;+1/p-1. The predicted octanol–water partition coefficient (Wildman–Crippen LogP) is -5.52. The van der Waals surface area contributed by atoms with Crippen molar-refractivity contribution in [2.24, 2.45) is 0 Å². The molecule has 1 aliphatic heterocycles. The Bertz CT molecular complexity index is 273. The topological polar surface area (TPSA) is 100 Å². The molecule has 1 aliphatic rings. The monoisotopic (exact) mass is 193 g/mol. The molecule has 0 aliphatic carbocycles. The third-order valence-corrected chi connectivity index (χ3v) is 0.941. The molecule has 6 nitrogen and oxygen atoms in total. The first-order valence-corrected chi connectivity index (χ1v) is 2.59. The first kappa shape index (κ1) is 11.8. The Morgan fingerprint density at radius 2 is 2.08 bits per heavy atom. The molecule has 0 unspecified atom stereocenters. The predicted molar refractivity (Wildman–Crippen MR) is 28.8 cm³/mol. The van der Waals surface area contributed by atoms with Crippen LogP contribution in [0.5, 0.6) is 0 Å². The maximum Gasteiger partial charge on any atom is 1.00 e. The molecule has 1 rings (SSSR count). The van der Waals surface area contributed by atoms with Crippen molar-refractivity contribution in [2.75, 3.05) is 0 Å². The van der Waals surface area contributed by atoms with Crippen molar-refractivity contribution >= 4 is 17.9 Å². The van der Waals surface area contributed by atoms with E-state index in [0.717, 1.165) is 0 Å². The zero-order valence-electron chi connectivity index (χ0n) is 6.16. The first-order valence-electron chi connectivity index (χ1n) is 2.59. The van der Waals surface area contributed by atoms with Crippen molar-refractivity contribution in [1.29, 1.82) is 0 Å². The Kier molecular flexibility index (Phi) is 4.64. The molecular weight excluding hydrogens is 191 g/mol. The van der Waals surface area contributed by atoms with E-state index in [1.165, 1.54) is 0 Å². The van der Waals surface area contributed by atoms with E-state index in [2.05, 4.69) is 5.32 Å².